The first-order chi connectivity index (χ1) is 30.2. The van der Waals surface area contributed by atoms with Gasteiger partial charge in [-0.3, -0.25) is 33.6 Å². The third-order valence-corrected chi connectivity index (χ3v) is 12.0. The van der Waals surface area contributed by atoms with Crippen LogP contribution in [-0.2, 0) is 44.7 Å². The maximum atomic E-state index is 14.8. The summed E-state index contributed by atoms with van der Waals surface area (Å²) in [5, 5.41) is 18.2. The number of unbranched alkanes of at least 4 members (excludes halogenated alkanes) is 2. The number of carbonyl (C=O) groups excluding carboxylic acids is 7. The van der Waals surface area contributed by atoms with E-state index in [2.05, 4.69) is 29.8 Å². The molecule has 0 spiro atoms. The molecule has 1 aliphatic heterocycles. The Kier molecular flexibility index (Phi) is 24.1. The second kappa shape index (κ2) is 28.0. The summed E-state index contributed by atoms with van der Waals surface area (Å²) < 4.78 is 5.68. The normalized spacial score (nSPS) is 23.8. The van der Waals surface area contributed by atoms with Crippen LogP contribution in [0.25, 0.3) is 0 Å². The third kappa shape index (κ3) is 18.2. The number of rotatable bonds is 18. The molecule has 358 valence electrons. The molecule has 3 N–H and O–H groups in total. The number of hydrogen-bond donors (Lipinski definition) is 3. The molecule has 6 amide bonds. The SMILES string of the molecule is CCCC[C@@H](C)C[C@@H]1NC(=O)[C@@H](CCC#N)OC(=O)CN(C)C(=O)[C@H](C[C@@H](C)CCCC)NC(=O)[C@H](Cc2ccccc2)N(C)C(=O)[C@H](CC(C)C)NC(=O)[C@H](CC(C)C)N(C)C1=O. The van der Waals surface area contributed by atoms with E-state index in [1.54, 1.807) is 0 Å². The summed E-state index contributed by atoms with van der Waals surface area (Å²) in [5.74, 6) is -4.63. The van der Waals surface area contributed by atoms with Gasteiger partial charge in [-0.25, -0.2) is 0 Å². The number of nitrogens with one attached hydrogen (secondary N) is 3. The molecule has 0 unspecified atom stereocenters. The fourth-order valence-electron chi connectivity index (χ4n) is 8.18. The maximum Gasteiger partial charge on any atom is 0.326 e. The van der Waals surface area contributed by atoms with Gasteiger partial charge < -0.3 is 35.4 Å². The number of nitrogens with zero attached hydrogens (tertiary/aromatic N) is 4. The van der Waals surface area contributed by atoms with E-state index in [1.165, 1.54) is 30.9 Å². The fourth-order valence-corrected chi connectivity index (χ4v) is 8.18. The monoisotopic (exact) mass is 894 g/mol. The minimum absolute atomic E-state index is 0.00193. The largest absolute Gasteiger partial charge is 0.451 e. The molecule has 0 aliphatic carbocycles. The van der Waals surface area contributed by atoms with Crippen molar-refractivity contribution < 1.29 is 38.3 Å². The van der Waals surface area contributed by atoms with E-state index in [1.807, 2.05) is 77.9 Å². The maximum absolute atomic E-state index is 14.8. The van der Waals surface area contributed by atoms with E-state index < -0.39 is 84.3 Å². The Hall–Kier alpha value is -5.00. The van der Waals surface area contributed by atoms with E-state index in [0.29, 0.717) is 0 Å². The number of esters is 1. The lowest BCUT2D eigenvalue weighted by Crippen LogP contribution is -2.60. The lowest BCUT2D eigenvalue weighted by molar-refractivity contribution is -0.159. The predicted molar refractivity (Wildman–Crippen MR) is 247 cm³/mol. The number of ether oxygens (including phenoxy) is 1. The van der Waals surface area contributed by atoms with Crippen LogP contribution in [0.5, 0.6) is 0 Å². The molecule has 0 aromatic heterocycles. The van der Waals surface area contributed by atoms with Gasteiger partial charge in [0.1, 0.15) is 36.8 Å². The molecular formula is C49H79N7O8. The average Bonchev–Trinajstić information content (AvgIpc) is 3.24. The first-order valence-electron chi connectivity index (χ1n) is 23.5. The predicted octanol–water partition coefficient (Wildman–Crippen LogP) is 5.55. The van der Waals surface area contributed by atoms with Gasteiger partial charge in [-0.15, -0.1) is 0 Å². The molecule has 1 aromatic carbocycles. The van der Waals surface area contributed by atoms with Crippen LogP contribution in [0, 0.1) is 35.0 Å². The quantitative estimate of drug-likeness (QED) is 0.158. The molecule has 15 nitrogen and oxygen atoms in total. The van der Waals surface area contributed by atoms with Gasteiger partial charge in [-0.1, -0.05) is 124 Å². The highest BCUT2D eigenvalue weighted by atomic mass is 16.5. The lowest BCUT2D eigenvalue weighted by Gasteiger charge is -2.35. The molecule has 8 atom stereocenters. The van der Waals surface area contributed by atoms with E-state index in [4.69, 9.17) is 4.74 Å². The van der Waals surface area contributed by atoms with Crippen LogP contribution in [-0.4, -0.2) is 120 Å². The van der Waals surface area contributed by atoms with Gasteiger partial charge in [0.25, 0.3) is 5.91 Å². The second-order valence-electron chi connectivity index (χ2n) is 18.9. The summed E-state index contributed by atoms with van der Waals surface area (Å²) in [6.07, 6.45) is 4.48. The van der Waals surface area contributed by atoms with Gasteiger partial charge in [0.05, 0.1) is 6.07 Å². The van der Waals surface area contributed by atoms with Gasteiger partial charge in [0.15, 0.2) is 6.10 Å². The standard InChI is InChI=1S/C49H79N7O8/c1-12-14-20-34(7)28-38-47(61)54(9)31-43(57)64-42(24-19-25-50)46(60)53-39(29-35(8)21-15-13-2)49(63)55(10)40(27-33(5)6)44(58)51-37(26-32(3)4)48(62)56(11)41(45(59)52-38)30-36-22-17-16-18-23-36/h16-18,22-23,32-35,37-42H,12-15,19-21,24,26-31H2,1-11H3,(H,51,58)(H,52,59)(H,53,60)/t34-,35+,37-,38-,39-,40-,41-,42+/m0/s1. The van der Waals surface area contributed by atoms with Crippen LogP contribution in [0.2, 0.25) is 0 Å². The van der Waals surface area contributed by atoms with Crippen LogP contribution < -0.4 is 16.0 Å². The molecule has 15 heteroatoms. The van der Waals surface area contributed by atoms with Gasteiger partial charge in [-0.2, -0.15) is 5.26 Å². The first-order valence-corrected chi connectivity index (χ1v) is 23.5. The highest BCUT2D eigenvalue weighted by molar-refractivity contribution is 5.97. The topological polar surface area (TPSA) is 198 Å². The Morgan fingerprint density at radius 3 is 1.62 bits per heavy atom. The number of hydrogen-bond acceptors (Lipinski definition) is 9. The van der Waals surface area contributed by atoms with Crippen molar-refractivity contribution in [3.63, 3.8) is 0 Å². The van der Waals surface area contributed by atoms with Gasteiger partial charge >= 0.3 is 5.97 Å². The lowest BCUT2D eigenvalue weighted by atomic mass is 9.94. The summed E-state index contributed by atoms with van der Waals surface area (Å²) in [7, 11) is 4.43. The number of carbonyl (C=O) groups is 7. The number of cyclic esters (lactones) is 1. The Balaban J connectivity index is 2.86. The highest BCUT2D eigenvalue weighted by Gasteiger charge is 2.39. The van der Waals surface area contributed by atoms with Crippen LogP contribution in [0.1, 0.15) is 138 Å². The summed E-state index contributed by atoms with van der Waals surface area (Å²) in [6, 6.07) is 5.72. The minimum atomic E-state index is -1.47. The zero-order valence-corrected chi connectivity index (χ0v) is 40.6. The third-order valence-electron chi connectivity index (χ3n) is 12.0. The van der Waals surface area contributed by atoms with E-state index >= 15 is 0 Å². The smallest absolute Gasteiger partial charge is 0.326 e. The molecule has 2 rings (SSSR count). The average molecular weight is 894 g/mol. The number of benzene rings is 1. The van der Waals surface area contributed by atoms with Crippen molar-refractivity contribution in [2.45, 2.75) is 175 Å². The Labute approximate surface area is 383 Å². The summed E-state index contributed by atoms with van der Waals surface area (Å²) >= 11 is 0. The minimum Gasteiger partial charge on any atom is -0.451 e. The molecule has 64 heavy (non-hydrogen) atoms. The molecule has 1 heterocycles. The summed E-state index contributed by atoms with van der Waals surface area (Å²) in [6.45, 7) is 15.2. The Bertz CT molecular complexity index is 1720. The van der Waals surface area contributed by atoms with Crippen molar-refractivity contribution in [1.82, 2.24) is 30.7 Å². The van der Waals surface area contributed by atoms with Crippen LogP contribution >= 0.6 is 0 Å². The van der Waals surface area contributed by atoms with E-state index in [9.17, 15) is 38.8 Å². The molecule has 0 radical (unpaired) electrons. The highest BCUT2D eigenvalue weighted by Crippen LogP contribution is 2.22. The van der Waals surface area contributed by atoms with Gasteiger partial charge in [-0.05, 0) is 54.9 Å². The van der Waals surface area contributed by atoms with Crippen molar-refractivity contribution in [2.75, 3.05) is 27.7 Å². The Morgan fingerprint density at radius 1 is 0.656 bits per heavy atom. The molecule has 1 saturated heterocycles. The zero-order chi connectivity index (χ0) is 48.1. The number of likely N-dealkylation sites (N-methyl/N-ethyl adjacent to an activating group) is 3. The molecular weight excluding hydrogens is 815 g/mol. The van der Waals surface area contributed by atoms with Gasteiger partial charge in [0.2, 0.25) is 29.5 Å². The van der Waals surface area contributed by atoms with Crippen LogP contribution in [0.4, 0.5) is 0 Å². The number of amides is 6. The second-order valence-corrected chi connectivity index (χ2v) is 18.9. The number of nitriles is 1. The van der Waals surface area contributed by atoms with Crippen molar-refractivity contribution in [3.05, 3.63) is 35.9 Å². The van der Waals surface area contributed by atoms with E-state index in [-0.39, 0.29) is 68.6 Å². The molecule has 1 aliphatic rings. The summed E-state index contributed by atoms with van der Waals surface area (Å²) in [5.41, 5.74) is 0.765. The molecule has 0 saturated carbocycles. The molecule has 1 aromatic rings. The molecule has 0 bridgehead atoms. The van der Waals surface area contributed by atoms with Crippen molar-refractivity contribution in [2.24, 2.45) is 23.7 Å². The van der Waals surface area contributed by atoms with Crippen molar-refractivity contribution in [1.29, 1.82) is 5.26 Å². The van der Waals surface area contributed by atoms with Gasteiger partial charge in [0, 0.05) is 40.4 Å². The summed E-state index contributed by atoms with van der Waals surface area (Å²) in [4.78, 5) is 104. The first kappa shape index (κ1) is 55.1. The fraction of sp³-hybridized carbons (Fsp3) is 0.714. The molecule has 1 fully saturated rings. The van der Waals surface area contributed by atoms with Crippen molar-refractivity contribution in [3.8, 4) is 6.07 Å². The zero-order valence-electron chi connectivity index (χ0n) is 40.6. The van der Waals surface area contributed by atoms with Crippen LogP contribution in [0.15, 0.2) is 30.3 Å². The van der Waals surface area contributed by atoms with Crippen molar-refractivity contribution >= 4 is 41.4 Å². The Morgan fingerprint density at radius 2 is 1.12 bits per heavy atom. The van der Waals surface area contributed by atoms with Crippen LogP contribution in [0.3, 0.4) is 0 Å². The van der Waals surface area contributed by atoms with E-state index in [0.717, 1.165) is 49.0 Å².